The van der Waals surface area contributed by atoms with Crippen LogP contribution in [-0.2, 0) is 6.42 Å². The van der Waals surface area contributed by atoms with Crippen molar-refractivity contribution in [2.45, 2.75) is 31.7 Å². The highest BCUT2D eigenvalue weighted by molar-refractivity contribution is 6.31. The minimum atomic E-state index is 0.188. The highest BCUT2D eigenvalue weighted by Crippen LogP contribution is 2.17. The van der Waals surface area contributed by atoms with E-state index in [4.69, 9.17) is 17.3 Å². The van der Waals surface area contributed by atoms with Crippen LogP contribution in [0.3, 0.4) is 0 Å². The Morgan fingerprint density at radius 2 is 1.88 bits per heavy atom. The van der Waals surface area contributed by atoms with E-state index in [2.05, 4.69) is 11.0 Å². The largest absolute Gasteiger partial charge is 0.326 e. The van der Waals surface area contributed by atoms with Crippen molar-refractivity contribution in [2.75, 3.05) is 19.6 Å². The third kappa shape index (κ3) is 3.98. The van der Waals surface area contributed by atoms with Gasteiger partial charge in [-0.05, 0) is 44.0 Å². The van der Waals surface area contributed by atoms with Gasteiger partial charge in [0.2, 0.25) is 0 Å². The molecule has 17 heavy (non-hydrogen) atoms. The van der Waals surface area contributed by atoms with Gasteiger partial charge in [0.05, 0.1) is 0 Å². The molecule has 1 aromatic rings. The Hall–Kier alpha value is -0.570. The molecule has 0 aromatic heterocycles. The molecule has 2 N–H and O–H groups in total. The molecule has 0 spiro atoms. The maximum Gasteiger partial charge on any atom is 0.0438 e. The second-order valence-corrected chi connectivity index (χ2v) is 5.32. The number of hydrogen-bond acceptors (Lipinski definition) is 2. The quantitative estimate of drug-likeness (QED) is 0.893. The van der Waals surface area contributed by atoms with Crippen molar-refractivity contribution >= 4 is 11.6 Å². The fourth-order valence-electron chi connectivity index (χ4n) is 2.48. The summed E-state index contributed by atoms with van der Waals surface area (Å²) in [6, 6.07) is 8.17. The number of nitrogens with zero attached hydrogens (tertiary/aromatic N) is 1. The van der Waals surface area contributed by atoms with E-state index in [1.165, 1.54) is 37.9 Å². The maximum atomic E-state index is 6.21. The van der Waals surface area contributed by atoms with Crippen LogP contribution in [0.25, 0.3) is 0 Å². The summed E-state index contributed by atoms with van der Waals surface area (Å²) in [5, 5.41) is 0.835. The van der Waals surface area contributed by atoms with Crippen LogP contribution in [0.4, 0.5) is 0 Å². The predicted molar refractivity (Wildman–Crippen MR) is 73.4 cm³/mol. The second-order valence-electron chi connectivity index (χ2n) is 4.92. The first kappa shape index (κ1) is 12.9. The molecule has 0 bridgehead atoms. The van der Waals surface area contributed by atoms with E-state index in [1.807, 2.05) is 18.2 Å². The Morgan fingerprint density at radius 1 is 1.18 bits per heavy atom. The van der Waals surface area contributed by atoms with Gasteiger partial charge in [0.25, 0.3) is 0 Å². The van der Waals surface area contributed by atoms with Gasteiger partial charge in [-0.1, -0.05) is 36.2 Å². The highest BCUT2D eigenvalue weighted by atomic mass is 35.5. The molecule has 0 saturated carbocycles. The first-order chi connectivity index (χ1) is 8.25. The van der Waals surface area contributed by atoms with Gasteiger partial charge in [0.1, 0.15) is 0 Å². The van der Waals surface area contributed by atoms with Crippen LogP contribution >= 0.6 is 11.6 Å². The molecule has 0 radical (unpaired) electrons. The molecule has 1 saturated heterocycles. The van der Waals surface area contributed by atoms with Crippen molar-refractivity contribution in [3.63, 3.8) is 0 Å². The van der Waals surface area contributed by atoms with Crippen molar-refractivity contribution in [2.24, 2.45) is 5.73 Å². The number of nitrogens with two attached hydrogens (primary N) is 1. The fourth-order valence-corrected chi connectivity index (χ4v) is 2.70. The van der Waals surface area contributed by atoms with Gasteiger partial charge >= 0.3 is 0 Å². The number of halogens is 1. The van der Waals surface area contributed by atoms with Crippen molar-refractivity contribution in [1.29, 1.82) is 0 Å². The van der Waals surface area contributed by atoms with E-state index in [0.717, 1.165) is 18.0 Å². The molecule has 0 amide bonds. The molecule has 1 aromatic carbocycles. The summed E-state index contributed by atoms with van der Waals surface area (Å²) in [6.45, 7) is 3.40. The van der Waals surface area contributed by atoms with Crippen LogP contribution in [0.2, 0.25) is 5.02 Å². The van der Waals surface area contributed by atoms with E-state index < -0.39 is 0 Å². The smallest absolute Gasteiger partial charge is 0.0438 e. The lowest BCUT2D eigenvalue weighted by Crippen LogP contribution is -2.41. The Morgan fingerprint density at radius 3 is 2.59 bits per heavy atom. The van der Waals surface area contributed by atoms with Gasteiger partial charge in [0, 0.05) is 17.6 Å². The minimum Gasteiger partial charge on any atom is -0.326 e. The summed E-state index contributed by atoms with van der Waals surface area (Å²) in [5.74, 6) is 0. The SMILES string of the molecule is NC(Cc1ccccc1Cl)CN1CCCCC1. The molecule has 2 rings (SSSR count). The molecule has 1 heterocycles. The van der Waals surface area contributed by atoms with E-state index in [-0.39, 0.29) is 6.04 Å². The Balaban J connectivity index is 1.84. The average molecular weight is 253 g/mol. The Labute approximate surface area is 109 Å². The van der Waals surface area contributed by atoms with Crippen LogP contribution in [0, 0.1) is 0 Å². The maximum absolute atomic E-state index is 6.21. The summed E-state index contributed by atoms with van der Waals surface area (Å²) in [7, 11) is 0. The lowest BCUT2D eigenvalue weighted by molar-refractivity contribution is 0.215. The number of likely N-dealkylation sites (tertiary alicyclic amines) is 1. The van der Waals surface area contributed by atoms with Gasteiger partial charge < -0.3 is 10.6 Å². The molecular formula is C14H21ClN2. The van der Waals surface area contributed by atoms with E-state index >= 15 is 0 Å². The van der Waals surface area contributed by atoms with Crippen LogP contribution in [0.15, 0.2) is 24.3 Å². The Bertz CT molecular complexity index is 348. The lowest BCUT2D eigenvalue weighted by atomic mass is 10.0. The summed E-state index contributed by atoms with van der Waals surface area (Å²) in [5.41, 5.74) is 7.37. The van der Waals surface area contributed by atoms with Crippen molar-refractivity contribution in [3.8, 4) is 0 Å². The minimum absolute atomic E-state index is 0.188. The number of rotatable bonds is 4. The summed E-state index contributed by atoms with van der Waals surface area (Å²) < 4.78 is 0. The van der Waals surface area contributed by atoms with Gasteiger partial charge in [-0.25, -0.2) is 0 Å². The van der Waals surface area contributed by atoms with Crippen molar-refractivity contribution in [3.05, 3.63) is 34.9 Å². The lowest BCUT2D eigenvalue weighted by Gasteiger charge is -2.29. The zero-order valence-electron chi connectivity index (χ0n) is 10.2. The monoisotopic (exact) mass is 252 g/mol. The molecule has 2 nitrogen and oxygen atoms in total. The van der Waals surface area contributed by atoms with Gasteiger partial charge in [-0.3, -0.25) is 0 Å². The van der Waals surface area contributed by atoms with Gasteiger partial charge in [-0.2, -0.15) is 0 Å². The van der Waals surface area contributed by atoms with Crippen LogP contribution in [0.5, 0.6) is 0 Å². The third-order valence-corrected chi connectivity index (χ3v) is 3.75. The van der Waals surface area contributed by atoms with Gasteiger partial charge in [0.15, 0.2) is 0 Å². The predicted octanol–water partition coefficient (Wildman–Crippen LogP) is 2.70. The molecule has 1 fully saturated rings. The average Bonchev–Trinajstić information content (AvgIpc) is 2.33. The van der Waals surface area contributed by atoms with Crippen molar-refractivity contribution in [1.82, 2.24) is 4.90 Å². The Kier molecular flexibility index (Phi) is 4.84. The molecule has 1 aliphatic rings. The third-order valence-electron chi connectivity index (χ3n) is 3.38. The van der Waals surface area contributed by atoms with Crippen LogP contribution < -0.4 is 5.73 Å². The number of hydrogen-bond donors (Lipinski definition) is 1. The molecule has 1 unspecified atom stereocenters. The summed E-state index contributed by atoms with van der Waals surface area (Å²) >= 11 is 6.14. The second kappa shape index (κ2) is 6.39. The molecule has 1 aliphatic heterocycles. The van der Waals surface area contributed by atoms with Crippen molar-refractivity contribution < 1.29 is 0 Å². The highest BCUT2D eigenvalue weighted by Gasteiger charge is 2.14. The molecule has 0 aliphatic carbocycles. The van der Waals surface area contributed by atoms with E-state index in [0.29, 0.717) is 0 Å². The normalized spacial score (nSPS) is 19.2. The molecule has 1 atom stereocenters. The number of piperidine rings is 1. The first-order valence-electron chi connectivity index (χ1n) is 6.47. The summed E-state index contributed by atoms with van der Waals surface area (Å²) in [4.78, 5) is 2.48. The van der Waals surface area contributed by atoms with E-state index in [1.54, 1.807) is 0 Å². The van der Waals surface area contributed by atoms with Crippen LogP contribution in [-0.4, -0.2) is 30.6 Å². The standard InChI is InChI=1S/C14H21ClN2/c15-14-7-3-2-6-12(14)10-13(16)11-17-8-4-1-5-9-17/h2-3,6-7,13H,1,4-5,8-11,16H2. The number of benzene rings is 1. The summed E-state index contributed by atoms with van der Waals surface area (Å²) in [6.07, 6.45) is 4.88. The van der Waals surface area contributed by atoms with Crippen LogP contribution in [0.1, 0.15) is 24.8 Å². The molecule has 3 heteroatoms. The topological polar surface area (TPSA) is 29.3 Å². The van der Waals surface area contributed by atoms with E-state index in [9.17, 15) is 0 Å². The molecular weight excluding hydrogens is 232 g/mol. The molecule has 94 valence electrons. The zero-order valence-corrected chi connectivity index (χ0v) is 11.0. The fraction of sp³-hybridized carbons (Fsp3) is 0.571. The first-order valence-corrected chi connectivity index (χ1v) is 6.85. The zero-order chi connectivity index (χ0) is 12.1. The van der Waals surface area contributed by atoms with Gasteiger partial charge in [-0.15, -0.1) is 0 Å².